The van der Waals surface area contributed by atoms with Gasteiger partial charge in [0.1, 0.15) is 5.82 Å². The zero-order valence-corrected chi connectivity index (χ0v) is 10.6. The van der Waals surface area contributed by atoms with Gasteiger partial charge in [-0.05, 0) is 18.1 Å². The summed E-state index contributed by atoms with van der Waals surface area (Å²) in [5.41, 5.74) is 10.6. The first-order chi connectivity index (χ1) is 8.70. The average molecular weight is 263 g/mol. The summed E-state index contributed by atoms with van der Waals surface area (Å²) in [5, 5.41) is 0.549. The predicted molar refractivity (Wildman–Crippen MR) is 73.9 cm³/mol. The summed E-state index contributed by atoms with van der Waals surface area (Å²) >= 11 is 5.93. The molecule has 1 aromatic heterocycles. The van der Waals surface area contributed by atoms with Gasteiger partial charge in [-0.2, -0.15) is 0 Å². The highest BCUT2D eigenvalue weighted by molar-refractivity contribution is 6.30. The minimum absolute atomic E-state index is 0.112. The van der Waals surface area contributed by atoms with E-state index >= 15 is 0 Å². The largest absolute Gasteiger partial charge is 0.383 e. The Kier molecular flexibility index (Phi) is 4.15. The van der Waals surface area contributed by atoms with E-state index in [9.17, 15) is 0 Å². The lowest BCUT2D eigenvalue weighted by atomic mass is 10.00. The van der Waals surface area contributed by atoms with Crippen LogP contribution >= 0.6 is 11.6 Å². The molecule has 0 amide bonds. The Hall–Kier alpha value is -1.62. The molecule has 94 valence electrons. The van der Waals surface area contributed by atoms with E-state index in [4.69, 9.17) is 23.2 Å². The van der Waals surface area contributed by atoms with Crippen LogP contribution in [0.4, 0.5) is 5.82 Å². The standard InChI is InChI=1S/C13H15ClN4/c14-10-7-11(13(15)17-8-10)12(18-16)6-9-4-2-1-3-5-9/h1-5,7-8,12,18H,6,16H2,(H2,15,17). The third-order valence-electron chi connectivity index (χ3n) is 2.78. The van der Waals surface area contributed by atoms with Crippen LogP contribution in [0.5, 0.6) is 0 Å². The number of halogens is 1. The van der Waals surface area contributed by atoms with Crippen LogP contribution in [-0.2, 0) is 6.42 Å². The van der Waals surface area contributed by atoms with Crippen molar-refractivity contribution >= 4 is 17.4 Å². The number of aromatic nitrogens is 1. The Labute approximate surface area is 111 Å². The molecule has 0 saturated carbocycles. The Morgan fingerprint density at radius 2 is 2.00 bits per heavy atom. The normalized spacial score (nSPS) is 12.3. The molecule has 0 saturated heterocycles. The van der Waals surface area contributed by atoms with Gasteiger partial charge in [-0.25, -0.2) is 4.98 Å². The van der Waals surface area contributed by atoms with Gasteiger partial charge in [0.2, 0.25) is 0 Å². The number of hydrazine groups is 1. The van der Waals surface area contributed by atoms with E-state index in [1.54, 1.807) is 6.07 Å². The van der Waals surface area contributed by atoms with Crippen LogP contribution in [0.3, 0.4) is 0 Å². The number of anilines is 1. The second-order valence-corrected chi connectivity index (χ2v) is 4.47. The van der Waals surface area contributed by atoms with Gasteiger partial charge in [-0.15, -0.1) is 0 Å². The molecule has 5 heteroatoms. The summed E-state index contributed by atoms with van der Waals surface area (Å²) in [6.45, 7) is 0. The molecule has 0 aliphatic carbocycles. The minimum Gasteiger partial charge on any atom is -0.383 e. The fraction of sp³-hybridized carbons (Fsp3) is 0.154. The highest BCUT2D eigenvalue weighted by Crippen LogP contribution is 2.24. The van der Waals surface area contributed by atoms with Crippen molar-refractivity contribution in [3.05, 3.63) is 58.7 Å². The van der Waals surface area contributed by atoms with Crippen molar-refractivity contribution < 1.29 is 0 Å². The summed E-state index contributed by atoms with van der Waals surface area (Å²) in [6.07, 6.45) is 2.25. The maximum atomic E-state index is 5.93. The molecule has 0 spiro atoms. The molecule has 0 radical (unpaired) electrons. The van der Waals surface area contributed by atoms with Crippen LogP contribution in [0.1, 0.15) is 17.2 Å². The fourth-order valence-electron chi connectivity index (χ4n) is 1.85. The zero-order valence-electron chi connectivity index (χ0n) is 9.81. The monoisotopic (exact) mass is 262 g/mol. The van der Waals surface area contributed by atoms with E-state index < -0.39 is 0 Å². The van der Waals surface area contributed by atoms with Crippen LogP contribution in [0, 0.1) is 0 Å². The third-order valence-corrected chi connectivity index (χ3v) is 2.98. The quantitative estimate of drug-likeness (QED) is 0.582. The molecule has 1 aromatic carbocycles. The number of nitrogens with one attached hydrogen (secondary N) is 1. The van der Waals surface area contributed by atoms with Crippen molar-refractivity contribution in [1.82, 2.24) is 10.4 Å². The van der Waals surface area contributed by atoms with Crippen LogP contribution in [0.2, 0.25) is 5.02 Å². The number of nitrogen functional groups attached to an aromatic ring is 1. The molecule has 5 N–H and O–H groups in total. The van der Waals surface area contributed by atoms with E-state index in [1.165, 1.54) is 11.8 Å². The molecular weight excluding hydrogens is 248 g/mol. The smallest absolute Gasteiger partial charge is 0.128 e. The van der Waals surface area contributed by atoms with Crippen molar-refractivity contribution in [2.24, 2.45) is 5.84 Å². The molecule has 0 fully saturated rings. The maximum absolute atomic E-state index is 5.93. The Bertz CT molecular complexity index is 516. The van der Waals surface area contributed by atoms with Gasteiger partial charge in [0.25, 0.3) is 0 Å². The first-order valence-corrected chi connectivity index (χ1v) is 5.99. The molecule has 2 aromatic rings. The van der Waals surface area contributed by atoms with Gasteiger partial charge < -0.3 is 5.73 Å². The molecule has 2 rings (SSSR count). The number of benzene rings is 1. The molecule has 0 aliphatic rings. The van der Waals surface area contributed by atoms with E-state index in [0.717, 1.165) is 12.0 Å². The summed E-state index contributed by atoms with van der Waals surface area (Å²) in [4.78, 5) is 4.04. The number of hydrogen-bond donors (Lipinski definition) is 3. The topological polar surface area (TPSA) is 77.0 Å². The number of hydrogen-bond acceptors (Lipinski definition) is 4. The van der Waals surface area contributed by atoms with Gasteiger partial charge in [-0.3, -0.25) is 11.3 Å². The van der Waals surface area contributed by atoms with Gasteiger partial charge in [-0.1, -0.05) is 41.9 Å². The Morgan fingerprint density at radius 3 is 2.67 bits per heavy atom. The number of nitrogens with zero attached hydrogens (tertiary/aromatic N) is 1. The Morgan fingerprint density at radius 1 is 1.28 bits per heavy atom. The number of rotatable bonds is 4. The molecule has 1 unspecified atom stereocenters. The Balaban J connectivity index is 2.26. The summed E-state index contributed by atoms with van der Waals surface area (Å²) in [7, 11) is 0. The SMILES string of the molecule is NNC(Cc1ccccc1)c1cc(Cl)cnc1N. The first kappa shape index (κ1) is 12.8. The van der Waals surface area contributed by atoms with Crippen LogP contribution in [-0.4, -0.2) is 4.98 Å². The highest BCUT2D eigenvalue weighted by Gasteiger charge is 2.14. The molecular formula is C13H15ClN4. The van der Waals surface area contributed by atoms with Gasteiger partial charge in [0.15, 0.2) is 0 Å². The molecule has 0 aliphatic heterocycles. The summed E-state index contributed by atoms with van der Waals surface area (Å²) in [6, 6.07) is 11.7. The second kappa shape index (κ2) is 5.82. The van der Waals surface area contributed by atoms with E-state index in [1.807, 2.05) is 30.3 Å². The predicted octanol–water partition coefficient (Wildman–Crippen LogP) is 2.06. The van der Waals surface area contributed by atoms with Crippen molar-refractivity contribution in [1.29, 1.82) is 0 Å². The molecule has 4 nitrogen and oxygen atoms in total. The zero-order chi connectivity index (χ0) is 13.0. The summed E-state index contributed by atoms with van der Waals surface area (Å²) < 4.78 is 0. The average Bonchev–Trinajstić information content (AvgIpc) is 2.40. The lowest BCUT2D eigenvalue weighted by molar-refractivity contribution is 0.552. The minimum atomic E-state index is -0.112. The van der Waals surface area contributed by atoms with Gasteiger partial charge in [0, 0.05) is 11.8 Å². The lowest BCUT2D eigenvalue weighted by Crippen LogP contribution is -2.30. The van der Waals surface area contributed by atoms with Crippen molar-refractivity contribution in [2.75, 3.05) is 5.73 Å². The fourth-order valence-corrected chi connectivity index (χ4v) is 2.02. The van der Waals surface area contributed by atoms with Gasteiger partial charge >= 0.3 is 0 Å². The van der Waals surface area contributed by atoms with Crippen molar-refractivity contribution in [2.45, 2.75) is 12.5 Å². The molecule has 1 atom stereocenters. The van der Waals surface area contributed by atoms with Crippen LogP contribution < -0.4 is 17.0 Å². The maximum Gasteiger partial charge on any atom is 0.128 e. The molecule has 0 bridgehead atoms. The number of nitrogens with two attached hydrogens (primary N) is 2. The third kappa shape index (κ3) is 2.98. The van der Waals surface area contributed by atoms with Gasteiger partial charge in [0.05, 0.1) is 11.1 Å². The molecule has 18 heavy (non-hydrogen) atoms. The van der Waals surface area contributed by atoms with E-state index in [-0.39, 0.29) is 6.04 Å². The summed E-state index contributed by atoms with van der Waals surface area (Å²) in [5.74, 6) is 6.04. The second-order valence-electron chi connectivity index (χ2n) is 4.04. The lowest BCUT2D eigenvalue weighted by Gasteiger charge is -2.18. The van der Waals surface area contributed by atoms with E-state index in [2.05, 4.69) is 10.4 Å². The first-order valence-electron chi connectivity index (χ1n) is 5.61. The van der Waals surface area contributed by atoms with Crippen molar-refractivity contribution in [3.63, 3.8) is 0 Å². The van der Waals surface area contributed by atoms with Crippen LogP contribution in [0.25, 0.3) is 0 Å². The van der Waals surface area contributed by atoms with E-state index in [0.29, 0.717) is 10.8 Å². The van der Waals surface area contributed by atoms with Crippen molar-refractivity contribution in [3.8, 4) is 0 Å². The van der Waals surface area contributed by atoms with Crippen LogP contribution in [0.15, 0.2) is 42.6 Å². The highest BCUT2D eigenvalue weighted by atomic mass is 35.5. The molecule has 1 heterocycles. The number of pyridine rings is 1.